The van der Waals surface area contributed by atoms with Crippen LogP contribution in [-0.2, 0) is 4.79 Å². The summed E-state index contributed by atoms with van der Waals surface area (Å²) in [6.45, 7) is 5.30. The van der Waals surface area contributed by atoms with Gasteiger partial charge in [-0.1, -0.05) is 24.9 Å². The summed E-state index contributed by atoms with van der Waals surface area (Å²) in [5, 5.41) is 8.81. The Labute approximate surface area is 195 Å². The number of carbonyl (C=O) groups excluding carboxylic acids is 3. The van der Waals surface area contributed by atoms with Gasteiger partial charge in [-0.2, -0.15) is 5.10 Å². The van der Waals surface area contributed by atoms with Crippen molar-refractivity contribution in [3.8, 4) is 0 Å². The molecule has 11 heteroatoms. The first kappa shape index (κ1) is 24.6. The van der Waals surface area contributed by atoms with Gasteiger partial charge in [0.25, 0.3) is 11.8 Å². The average Bonchev–Trinajstić information content (AvgIpc) is 3.25. The Balaban J connectivity index is 1.71. The van der Waals surface area contributed by atoms with Gasteiger partial charge < -0.3 is 15.1 Å². The number of unbranched alkanes of at least 4 members (excludes halogenated alkanes) is 1. The zero-order valence-corrected chi connectivity index (χ0v) is 19.2. The highest BCUT2D eigenvalue weighted by Crippen LogP contribution is 2.23. The number of piperidine rings is 1. The lowest BCUT2D eigenvalue weighted by atomic mass is 10.0. The van der Waals surface area contributed by atoms with E-state index in [1.54, 1.807) is 9.80 Å². The van der Waals surface area contributed by atoms with Crippen LogP contribution in [0.15, 0.2) is 18.2 Å². The smallest absolute Gasteiger partial charge is 0.274 e. The third-order valence-corrected chi connectivity index (χ3v) is 5.98. The summed E-state index contributed by atoms with van der Waals surface area (Å²) in [5.74, 6) is -3.28. The van der Waals surface area contributed by atoms with Crippen LogP contribution in [0.25, 0.3) is 0 Å². The number of amides is 3. The molecule has 8 nitrogen and oxygen atoms in total. The van der Waals surface area contributed by atoms with Crippen LogP contribution >= 0.6 is 11.6 Å². The van der Waals surface area contributed by atoms with E-state index in [1.165, 1.54) is 13.0 Å². The van der Waals surface area contributed by atoms with E-state index in [0.29, 0.717) is 38.5 Å². The van der Waals surface area contributed by atoms with Crippen molar-refractivity contribution >= 4 is 35.1 Å². The predicted octanol–water partition coefficient (Wildman–Crippen LogP) is 3.85. The highest BCUT2D eigenvalue weighted by molar-refractivity contribution is 6.34. The van der Waals surface area contributed by atoms with Crippen LogP contribution in [0.5, 0.6) is 0 Å². The number of H-pyrrole nitrogens is 1. The zero-order valence-electron chi connectivity index (χ0n) is 18.5. The van der Waals surface area contributed by atoms with Gasteiger partial charge in [0.2, 0.25) is 5.91 Å². The number of likely N-dealkylation sites (tertiary alicyclic amines) is 1. The van der Waals surface area contributed by atoms with Gasteiger partial charge in [0.1, 0.15) is 5.82 Å². The number of nitrogens with one attached hydrogen (secondary N) is 2. The second-order valence-electron chi connectivity index (χ2n) is 7.96. The molecule has 0 aliphatic carbocycles. The molecule has 2 heterocycles. The van der Waals surface area contributed by atoms with Gasteiger partial charge in [0, 0.05) is 38.7 Å². The summed E-state index contributed by atoms with van der Waals surface area (Å²) in [5.41, 5.74) is -0.133. The van der Waals surface area contributed by atoms with E-state index >= 15 is 0 Å². The fraction of sp³-hybridized carbons (Fsp3) is 0.455. The van der Waals surface area contributed by atoms with Crippen LogP contribution in [0.3, 0.4) is 0 Å². The summed E-state index contributed by atoms with van der Waals surface area (Å²) >= 11 is 5.85. The molecule has 1 fully saturated rings. The maximum absolute atomic E-state index is 13.5. The molecule has 0 unspecified atom stereocenters. The largest absolute Gasteiger partial charge is 0.343 e. The Kier molecular flexibility index (Phi) is 8.01. The number of hydrogen-bond donors (Lipinski definition) is 2. The fourth-order valence-electron chi connectivity index (χ4n) is 3.80. The van der Waals surface area contributed by atoms with Crippen molar-refractivity contribution in [1.29, 1.82) is 0 Å². The number of nitrogens with zero attached hydrogens (tertiary/aromatic N) is 3. The topological polar surface area (TPSA) is 98.4 Å². The number of aromatic nitrogens is 2. The average molecular weight is 482 g/mol. The molecule has 0 atom stereocenters. The maximum Gasteiger partial charge on any atom is 0.274 e. The molecule has 33 heavy (non-hydrogen) atoms. The van der Waals surface area contributed by atoms with Gasteiger partial charge in [0.15, 0.2) is 17.3 Å². The van der Waals surface area contributed by atoms with Gasteiger partial charge in [-0.25, -0.2) is 8.78 Å². The Hall–Kier alpha value is -3.01. The van der Waals surface area contributed by atoms with Crippen LogP contribution in [-0.4, -0.2) is 63.4 Å². The van der Waals surface area contributed by atoms with Crippen molar-refractivity contribution in [2.45, 2.75) is 45.6 Å². The van der Waals surface area contributed by atoms with E-state index in [2.05, 4.69) is 15.5 Å². The summed E-state index contributed by atoms with van der Waals surface area (Å²) < 4.78 is 26.8. The summed E-state index contributed by atoms with van der Waals surface area (Å²) in [6.07, 6.45) is 3.09. The molecule has 1 aromatic carbocycles. The van der Waals surface area contributed by atoms with Crippen molar-refractivity contribution in [2.24, 2.45) is 0 Å². The minimum absolute atomic E-state index is 0.0182. The van der Waals surface area contributed by atoms with Gasteiger partial charge in [0.05, 0.1) is 10.6 Å². The molecule has 2 aromatic rings. The first-order valence-electron chi connectivity index (χ1n) is 10.8. The molecule has 1 aliphatic rings. The summed E-state index contributed by atoms with van der Waals surface area (Å²) in [6, 6.07) is 2.79. The van der Waals surface area contributed by atoms with E-state index in [0.717, 1.165) is 18.9 Å². The standard InChI is InChI=1S/C22H26ClF2N5O3/c1-3-4-7-30(14-5-8-29(9-6-14)13(2)31)22(33)19-12-20(28-27-19)26-21(32)15-10-17(24)18(25)11-16(15)23/h10-12,14H,3-9H2,1-2H3,(H2,26,27,28,32). The Morgan fingerprint density at radius 3 is 2.52 bits per heavy atom. The van der Waals surface area contributed by atoms with Gasteiger partial charge >= 0.3 is 0 Å². The number of halogens is 3. The molecule has 0 radical (unpaired) electrons. The lowest BCUT2D eigenvalue weighted by molar-refractivity contribution is -0.130. The quantitative estimate of drug-likeness (QED) is 0.587. The number of carbonyl (C=O) groups is 3. The minimum Gasteiger partial charge on any atom is -0.343 e. The Morgan fingerprint density at radius 2 is 1.88 bits per heavy atom. The van der Waals surface area contributed by atoms with E-state index in [4.69, 9.17) is 11.6 Å². The van der Waals surface area contributed by atoms with Crippen LogP contribution in [0.1, 0.15) is 60.4 Å². The van der Waals surface area contributed by atoms with E-state index in [9.17, 15) is 23.2 Å². The lowest BCUT2D eigenvalue weighted by Crippen LogP contribution is -2.48. The highest BCUT2D eigenvalue weighted by Gasteiger charge is 2.30. The van der Waals surface area contributed by atoms with Gasteiger partial charge in [-0.3, -0.25) is 19.5 Å². The van der Waals surface area contributed by atoms with Gasteiger partial charge in [-0.05, 0) is 31.4 Å². The monoisotopic (exact) mass is 481 g/mol. The Morgan fingerprint density at radius 1 is 1.21 bits per heavy atom. The van der Waals surface area contributed by atoms with Crippen LogP contribution in [0.4, 0.5) is 14.6 Å². The Bertz CT molecular complexity index is 1040. The third kappa shape index (κ3) is 5.87. The highest BCUT2D eigenvalue weighted by atomic mass is 35.5. The molecule has 2 N–H and O–H groups in total. The molecule has 3 rings (SSSR count). The molecule has 3 amide bonds. The molecular weight excluding hydrogens is 456 g/mol. The molecule has 1 aromatic heterocycles. The zero-order chi connectivity index (χ0) is 24.1. The van der Waals surface area contributed by atoms with Crippen molar-refractivity contribution in [2.75, 3.05) is 25.0 Å². The summed E-state index contributed by atoms with van der Waals surface area (Å²) in [4.78, 5) is 40.8. The van der Waals surface area contributed by atoms with Crippen molar-refractivity contribution < 1.29 is 23.2 Å². The van der Waals surface area contributed by atoms with Crippen molar-refractivity contribution in [3.63, 3.8) is 0 Å². The normalized spacial score (nSPS) is 14.3. The third-order valence-electron chi connectivity index (χ3n) is 5.66. The maximum atomic E-state index is 13.5. The molecule has 0 saturated carbocycles. The molecule has 1 saturated heterocycles. The fourth-order valence-corrected chi connectivity index (χ4v) is 4.04. The number of benzene rings is 1. The second-order valence-corrected chi connectivity index (χ2v) is 8.36. The molecule has 1 aliphatic heterocycles. The SMILES string of the molecule is CCCCN(C(=O)c1cc(NC(=O)c2cc(F)c(F)cc2Cl)[nH]n1)C1CCN(C(C)=O)CC1. The van der Waals surface area contributed by atoms with E-state index in [1.807, 2.05) is 6.92 Å². The molecule has 0 bridgehead atoms. The minimum atomic E-state index is -1.20. The molecule has 178 valence electrons. The van der Waals surface area contributed by atoms with Crippen LogP contribution in [0.2, 0.25) is 5.02 Å². The predicted molar refractivity (Wildman–Crippen MR) is 119 cm³/mol. The number of anilines is 1. The summed E-state index contributed by atoms with van der Waals surface area (Å²) in [7, 11) is 0. The van der Waals surface area contributed by atoms with Crippen molar-refractivity contribution in [3.05, 3.63) is 46.1 Å². The van der Waals surface area contributed by atoms with E-state index in [-0.39, 0.29) is 40.0 Å². The number of rotatable bonds is 7. The lowest BCUT2D eigenvalue weighted by Gasteiger charge is -2.38. The second kappa shape index (κ2) is 10.7. The van der Waals surface area contributed by atoms with Crippen molar-refractivity contribution in [1.82, 2.24) is 20.0 Å². The van der Waals surface area contributed by atoms with E-state index < -0.39 is 17.5 Å². The number of aromatic amines is 1. The first-order chi connectivity index (χ1) is 15.7. The molecule has 0 spiro atoms. The number of hydrogen-bond acceptors (Lipinski definition) is 4. The molecular formula is C22H26ClF2N5O3. The first-order valence-corrected chi connectivity index (χ1v) is 11.2. The van der Waals surface area contributed by atoms with Crippen LogP contribution in [0, 0.1) is 11.6 Å². The van der Waals surface area contributed by atoms with Gasteiger partial charge in [-0.15, -0.1) is 0 Å². The van der Waals surface area contributed by atoms with Crippen LogP contribution < -0.4 is 5.32 Å².